The first-order valence-electron chi connectivity index (χ1n) is 14.1. The molecule has 4 rings (SSSR count). The summed E-state index contributed by atoms with van der Waals surface area (Å²) in [5.74, 6) is -1.07. The number of nitro groups is 1. The number of carbonyl (C=O) groups excluding carboxylic acids is 4. The van der Waals surface area contributed by atoms with Crippen LogP contribution in [0.5, 0.6) is 11.5 Å². The minimum atomic E-state index is -0.889. The number of hydrogen-bond donors (Lipinski definition) is 4. The average molecular weight is 697 g/mol. The minimum Gasteiger partial charge on any atom is -0.483 e. The summed E-state index contributed by atoms with van der Waals surface area (Å²) in [5.41, 5.74) is 10.9. The predicted octanol–water partition coefficient (Wildman–Crippen LogP) is 5.27. The SMILES string of the molecule is Cc1cc(Cl)ccc1OC(C)C(=O)NNC(=O)c1cccc([N+](=O)[O-])c1.Cc1cc(Cl)ccc1OCC(=O)NNC(=O)c1ccccc1. The number of halogens is 2. The molecule has 0 fully saturated rings. The number of aryl methyl sites for hydroxylation is 2. The lowest BCUT2D eigenvalue weighted by molar-refractivity contribution is -0.384. The number of rotatable bonds is 9. The molecule has 0 saturated carbocycles. The molecule has 250 valence electrons. The molecule has 0 spiro atoms. The van der Waals surface area contributed by atoms with Gasteiger partial charge in [0.05, 0.1) is 4.92 Å². The first-order valence-corrected chi connectivity index (χ1v) is 14.9. The Bertz CT molecular complexity index is 1790. The molecule has 15 heteroatoms. The van der Waals surface area contributed by atoms with E-state index in [0.29, 0.717) is 27.1 Å². The summed E-state index contributed by atoms with van der Waals surface area (Å²) >= 11 is 11.7. The second-order valence-electron chi connectivity index (χ2n) is 9.99. The van der Waals surface area contributed by atoms with Gasteiger partial charge in [0.25, 0.3) is 29.3 Å². The molecule has 0 radical (unpaired) electrons. The zero-order chi connectivity index (χ0) is 35.2. The Balaban J connectivity index is 0.000000264. The third-order valence-corrected chi connectivity index (χ3v) is 6.75. The van der Waals surface area contributed by atoms with Crippen LogP contribution in [0, 0.1) is 24.0 Å². The fourth-order valence-electron chi connectivity index (χ4n) is 3.78. The summed E-state index contributed by atoms with van der Waals surface area (Å²) in [4.78, 5) is 57.6. The van der Waals surface area contributed by atoms with Gasteiger partial charge in [-0.2, -0.15) is 0 Å². The van der Waals surface area contributed by atoms with Crippen molar-refractivity contribution in [2.75, 3.05) is 6.61 Å². The minimum absolute atomic E-state index is 0.0432. The number of benzene rings is 4. The number of carbonyl (C=O) groups is 4. The molecule has 0 aliphatic heterocycles. The van der Waals surface area contributed by atoms with Crippen molar-refractivity contribution in [1.29, 1.82) is 0 Å². The van der Waals surface area contributed by atoms with Gasteiger partial charge < -0.3 is 9.47 Å². The van der Waals surface area contributed by atoms with Crippen LogP contribution in [-0.2, 0) is 9.59 Å². The number of non-ortho nitro benzene ring substituents is 1. The van der Waals surface area contributed by atoms with Crippen LogP contribution in [0.3, 0.4) is 0 Å². The average Bonchev–Trinajstić information content (AvgIpc) is 3.07. The van der Waals surface area contributed by atoms with E-state index in [0.717, 1.165) is 17.2 Å². The van der Waals surface area contributed by atoms with Gasteiger partial charge in [-0.1, -0.05) is 47.5 Å². The lowest BCUT2D eigenvalue weighted by Gasteiger charge is -2.16. The van der Waals surface area contributed by atoms with E-state index < -0.39 is 34.7 Å². The summed E-state index contributed by atoms with van der Waals surface area (Å²) in [6, 6.07) is 23.8. The third-order valence-electron chi connectivity index (χ3n) is 6.28. The van der Waals surface area contributed by atoms with Gasteiger partial charge in [-0.05, 0) is 86.5 Å². The van der Waals surface area contributed by atoms with Crippen molar-refractivity contribution in [3.8, 4) is 11.5 Å². The lowest BCUT2D eigenvalue weighted by Crippen LogP contribution is -2.47. The highest BCUT2D eigenvalue weighted by molar-refractivity contribution is 6.31. The number of nitro benzene ring substituents is 1. The fraction of sp³-hybridized carbons (Fsp3) is 0.152. The molecule has 4 amide bonds. The second-order valence-corrected chi connectivity index (χ2v) is 10.9. The van der Waals surface area contributed by atoms with Gasteiger partial charge in [-0.15, -0.1) is 0 Å². The Morgan fingerprint density at radius 1 is 0.729 bits per heavy atom. The summed E-state index contributed by atoms with van der Waals surface area (Å²) in [7, 11) is 0. The van der Waals surface area contributed by atoms with Gasteiger partial charge in [0.15, 0.2) is 12.7 Å². The van der Waals surface area contributed by atoms with Gasteiger partial charge in [0.1, 0.15) is 11.5 Å². The largest absolute Gasteiger partial charge is 0.483 e. The zero-order valence-corrected chi connectivity index (χ0v) is 27.4. The van der Waals surface area contributed by atoms with Crippen molar-refractivity contribution in [1.82, 2.24) is 21.7 Å². The van der Waals surface area contributed by atoms with Crippen LogP contribution in [0.4, 0.5) is 5.69 Å². The molecular formula is C33H31Cl2N5O8. The standard InChI is InChI=1S/C17H16ClN3O5.C16H15ClN2O3/c1-10-8-13(18)6-7-15(10)26-11(2)16(22)19-20-17(23)12-4-3-5-14(9-12)21(24)25;1-11-9-13(17)7-8-14(11)22-10-15(20)18-19-16(21)12-5-3-2-4-6-12/h3-9,11H,1-2H3,(H,19,22)(H,20,23);2-9H,10H2,1H3,(H,18,20)(H,19,21). The van der Waals surface area contributed by atoms with Crippen LogP contribution in [-0.4, -0.2) is 41.3 Å². The number of ether oxygens (including phenoxy) is 2. The fourth-order valence-corrected chi connectivity index (χ4v) is 4.24. The predicted molar refractivity (Wildman–Crippen MR) is 179 cm³/mol. The number of hydrogen-bond acceptors (Lipinski definition) is 8. The van der Waals surface area contributed by atoms with Crippen molar-refractivity contribution in [3.05, 3.63) is 133 Å². The van der Waals surface area contributed by atoms with E-state index in [9.17, 15) is 29.3 Å². The Hall–Kier alpha value is -5.66. The molecule has 48 heavy (non-hydrogen) atoms. The van der Waals surface area contributed by atoms with Gasteiger partial charge in [-0.3, -0.25) is 51.0 Å². The summed E-state index contributed by atoms with van der Waals surface area (Å²) in [5, 5.41) is 11.9. The quantitative estimate of drug-likeness (QED) is 0.135. The Kier molecular flexibility index (Phi) is 13.7. The molecule has 0 aromatic heterocycles. The highest BCUT2D eigenvalue weighted by atomic mass is 35.5. The lowest BCUT2D eigenvalue weighted by atomic mass is 10.2. The normalized spacial score (nSPS) is 10.7. The maximum absolute atomic E-state index is 12.1. The molecule has 4 aromatic carbocycles. The van der Waals surface area contributed by atoms with Crippen LogP contribution in [0.1, 0.15) is 38.8 Å². The van der Waals surface area contributed by atoms with Crippen molar-refractivity contribution in [2.45, 2.75) is 26.9 Å². The number of nitrogens with one attached hydrogen (secondary N) is 4. The van der Waals surface area contributed by atoms with Gasteiger partial charge in [0.2, 0.25) is 0 Å². The topological polar surface area (TPSA) is 178 Å². The maximum Gasteiger partial charge on any atom is 0.279 e. The first kappa shape index (κ1) is 36.8. The van der Waals surface area contributed by atoms with Gasteiger partial charge >= 0.3 is 0 Å². The molecule has 1 unspecified atom stereocenters. The van der Waals surface area contributed by atoms with Gasteiger partial charge in [0, 0.05) is 33.3 Å². The summed E-state index contributed by atoms with van der Waals surface area (Å²) in [6.45, 7) is 4.92. The smallest absolute Gasteiger partial charge is 0.279 e. The van der Waals surface area contributed by atoms with E-state index in [1.54, 1.807) is 73.7 Å². The maximum atomic E-state index is 12.1. The molecule has 0 aliphatic rings. The molecule has 0 heterocycles. The van der Waals surface area contributed by atoms with E-state index in [1.165, 1.54) is 25.1 Å². The molecule has 1 atom stereocenters. The first-order chi connectivity index (χ1) is 22.8. The molecule has 0 aliphatic carbocycles. The van der Waals surface area contributed by atoms with Crippen molar-refractivity contribution in [3.63, 3.8) is 0 Å². The number of nitrogens with zero attached hydrogens (tertiary/aromatic N) is 1. The second kappa shape index (κ2) is 17.9. The number of amides is 4. The van der Waals surface area contributed by atoms with Gasteiger partial charge in [-0.25, -0.2) is 0 Å². The zero-order valence-electron chi connectivity index (χ0n) is 25.9. The van der Waals surface area contributed by atoms with E-state index >= 15 is 0 Å². The Morgan fingerprint density at radius 2 is 1.29 bits per heavy atom. The van der Waals surface area contributed by atoms with Crippen molar-refractivity contribution < 1.29 is 33.6 Å². The molecule has 0 saturated heterocycles. The molecule has 4 aromatic rings. The van der Waals surface area contributed by atoms with E-state index in [1.807, 2.05) is 6.92 Å². The molecule has 0 bridgehead atoms. The van der Waals surface area contributed by atoms with Crippen LogP contribution in [0.25, 0.3) is 0 Å². The van der Waals surface area contributed by atoms with Crippen LogP contribution in [0.2, 0.25) is 10.0 Å². The number of hydrazine groups is 2. The summed E-state index contributed by atoms with van der Waals surface area (Å²) in [6.07, 6.45) is -0.889. The molecule has 4 N–H and O–H groups in total. The van der Waals surface area contributed by atoms with Crippen LogP contribution < -0.4 is 31.2 Å². The summed E-state index contributed by atoms with van der Waals surface area (Å²) < 4.78 is 10.9. The monoisotopic (exact) mass is 695 g/mol. The van der Waals surface area contributed by atoms with Crippen LogP contribution >= 0.6 is 23.2 Å². The Labute approximate surface area is 285 Å². The van der Waals surface area contributed by atoms with Crippen molar-refractivity contribution in [2.24, 2.45) is 0 Å². The highest BCUT2D eigenvalue weighted by Gasteiger charge is 2.18. The van der Waals surface area contributed by atoms with Crippen LogP contribution in [0.15, 0.2) is 91.0 Å². The Morgan fingerprint density at radius 3 is 1.90 bits per heavy atom. The van der Waals surface area contributed by atoms with E-state index in [2.05, 4.69) is 21.7 Å². The van der Waals surface area contributed by atoms with E-state index in [4.69, 9.17) is 32.7 Å². The van der Waals surface area contributed by atoms with Crippen molar-refractivity contribution >= 4 is 52.5 Å². The molecule has 13 nitrogen and oxygen atoms in total. The molecular weight excluding hydrogens is 665 g/mol. The third kappa shape index (κ3) is 11.6. The highest BCUT2D eigenvalue weighted by Crippen LogP contribution is 2.23. The van der Waals surface area contributed by atoms with E-state index in [-0.39, 0.29) is 17.9 Å².